The second-order valence-corrected chi connectivity index (χ2v) is 8.64. The van der Waals surface area contributed by atoms with Crippen LogP contribution in [0, 0.1) is 16.7 Å². The van der Waals surface area contributed by atoms with E-state index in [-0.39, 0.29) is 22.8 Å². The van der Waals surface area contributed by atoms with Gasteiger partial charge < -0.3 is 9.84 Å². The average molecular weight is 330 g/mol. The quantitative estimate of drug-likeness (QED) is 0.910. The van der Waals surface area contributed by atoms with E-state index < -0.39 is 0 Å². The van der Waals surface area contributed by atoms with Gasteiger partial charge in [-0.05, 0) is 47.5 Å². The van der Waals surface area contributed by atoms with E-state index in [1.165, 1.54) is 12.8 Å². The molecule has 2 aliphatic carbocycles. The summed E-state index contributed by atoms with van der Waals surface area (Å²) in [7, 11) is 0. The third kappa shape index (κ3) is 2.09. The summed E-state index contributed by atoms with van der Waals surface area (Å²) in [5.41, 5.74) is 0.836. The Labute approximate surface area is 140 Å². The molecule has 1 amide bonds. The van der Waals surface area contributed by atoms with E-state index in [1.807, 2.05) is 17.5 Å². The SMILES string of the molecule is CC1(C)[C@H]2CC[C@@]1(C)[C@H](NC(=O)c1cc(-c3cccs3)on1)C2. The molecule has 2 fully saturated rings. The van der Waals surface area contributed by atoms with Crippen molar-refractivity contribution < 1.29 is 9.32 Å². The van der Waals surface area contributed by atoms with Gasteiger partial charge in [0.2, 0.25) is 0 Å². The topological polar surface area (TPSA) is 55.1 Å². The first kappa shape index (κ1) is 14.9. The van der Waals surface area contributed by atoms with Gasteiger partial charge >= 0.3 is 0 Å². The van der Waals surface area contributed by atoms with Crippen LogP contribution >= 0.6 is 11.3 Å². The Morgan fingerprint density at radius 1 is 1.43 bits per heavy atom. The van der Waals surface area contributed by atoms with Gasteiger partial charge in [0.15, 0.2) is 11.5 Å². The predicted molar refractivity (Wildman–Crippen MR) is 90.3 cm³/mol. The summed E-state index contributed by atoms with van der Waals surface area (Å²) in [6.45, 7) is 7.02. The van der Waals surface area contributed by atoms with E-state index in [4.69, 9.17) is 4.52 Å². The van der Waals surface area contributed by atoms with Crippen molar-refractivity contribution in [3.8, 4) is 10.6 Å². The number of hydrogen-bond acceptors (Lipinski definition) is 4. The zero-order valence-electron chi connectivity index (χ0n) is 13.8. The van der Waals surface area contributed by atoms with Gasteiger partial charge in [0.25, 0.3) is 5.91 Å². The lowest BCUT2D eigenvalue weighted by molar-refractivity contribution is 0.0818. The van der Waals surface area contributed by atoms with Crippen LogP contribution in [0.3, 0.4) is 0 Å². The molecule has 2 aromatic heterocycles. The highest BCUT2D eigenvalue weighted by Crippen LogP contribution is 2.65. The summed E-state index contributed by atoms with van der Waals surface area (Å²) in [6.07, 6.45) is 3.54. The van der Waals surface area contributed by atoms with Crippen molar-refractivity contribution in [1.29, 1.82) is 0 Å². The Balaban J connectivity index is 1.51. The number of thiophene rings is 1. The third-order valence-corrected chi connectivity index (χ3v) is 7.49. The average Bonchev–Trinajstić information content (AvgIpc) is 3.25. The molecule has 0 spiro atoms. The summed E-state index contributed by atoms with van der Waals surface area (Å²) < 4.78 is 5.32. The number of amides is 1. The number of carbonyl (C=O) groups excluding carboxylic acids is 1. The third-order valence-electron chi connectivity index (χ3n) is 6.61. The van der Waals surface area contributed by atoms with Gasteiger partial charge in [-0.15, -0.1) is 11.3 Å². The highest BCUT2D eigenvalue weighted by atomic mass is 32.1. The minimum Gasteiger partial charge on any atom is -0.355 e. The van der Waals surface area contributed by atoms with Crippen LogP contribution in [0.1, 0.15) is 50.5 Å². The van der Waals surface area contributed by atoms with Gasteiger partial charge in [-0.1, -0.05) is 32.0 Å². The van der Waals surface area contributed by atoms with Gasteiger partial charge in [0.1, 0.15) is 0 Å². The molecule has 2 aromatic rings. The largest absolute Gasteiger partial charge is 0.355 e. The number of carbonyl (C=O) groups is 1. The van der Waals surface area contributed by atoms with Crippen LogP contribution in [-0.2, 0) is 0 Å². The highest BCUT2D eigenvalue weighted by Gasteiger charge is 2.61. The molecule has 1 N–H and O–H groups in total. The van der Waals surface area contributed by atoms with Crippen LogP contribution in [0.15, 0.2) is 28.1 Å². The monoisotopic (exact) mass is 330 g/mol. The van der Waals surface area contributed by atoms with E-state index in [1.54, 1.807) is 17.4 Å². The van der Waals surface area contributed by atoms with Crippen LogP contribution in [0.5, 0.6) is 0 Å². The second kappa shape index (κ2) is 4.94. The summed E-state index contributed by atoms with van der Waals surface area (Å²) in [6, 6.07) is 5.89. The molecular formula is C18H22N2O2S. The fourth-order valence-corrected chi connectivity index (χ4v) is 5.24. The standard InChI is InChI=1S/C18H22N2O2S/c1-17(2)11-6-7-18(17,3)15(9-11)19-16(21)12-10-13(22-20-12)14-5-4-8-23-14/h4-5,8,10-11,15H,6-7,9H2,1-3H3,(H,19,21)/t11-,15+,18-/m0/s1. The van der Waals surface area contributed by atoms with Crippen molar-refractivity contribution >= 4 is 17.2 Å². The zero-order chi connectivity index (χ0) is 16.2. The summed E-state index contributed by atoms with van der Waals surface area (Å²) in [5, 5.41) is 9.16. The Hall–Kier alpha value is -1.62. The Kier molecular flexibility index (Phi) is 3.21. The van der Waals surface area contributed by atoms with Crippen LogP contribution in [-0.4, -0.2) is 17.1 Å². The number of rotatable bonds is 3. The smallest absolute Gasteiger partial charge is 0.273 e. The molecule has 122 valence electrons. The van der Waals surface area contributed by atoms with E-state index in [0.29, 0.717) is 17.4 Å². The van der Waals surface area contributed by atoms with Crippen molar-refractivity contribution in [3.63, 3.8) is 0 Å². The lowest BCUT2D eigenvalue weighted by atomic mass is 9.69. The molecule has 4 nitrogen and oxygen atoms in total. The minimum absolute atomic E-state index is 0.119. The first-order valence-corrected chi connectivity index (χ1v) is 9.11. The number of hydrogen-bond donors (Lipinski definition) is 1. The molecule has 0 aliphatic heterocycles. The summed E-state index contributed by atoms with van der Waals surface area (Å²) in [5.74, 6) is 1.24. The molecule has 0 aromatic carbocycles. The minimum atomic E-state index is -0.119. The van der Waals surface area contributed by atoms with Gasteiger partial charge in [0.05, 0.1) is 4.88 Å². The molecule has 23 heavy (non-hydrogen) atoms. The molecule has 2 aliphatic rings. The molecule has 2 saturated carbocycles. The first-order chi connectivity index (χ1) is 10.9. The van der Waals surface area contributed by atoms with Crippen molar-refractivity contribution in [2.24, 2.45) is 16.7 Å². The molecule has 2 heterocycles. The van der Waals surface area contributed by atoms with Crippen molar-refractivity contribution in [2.75, 3.05) is 0 Å². The van der Waals surface area contributed by atoms with Crippen molar-refractivity contribution in [1.82, 2.24) is 10.5 Å². The van der Waals surface area contributed by atoms with E-state index in [2.05, 4.69) is 31.2 Å². The van der Waals surface area contributed by atoms with Crippen LogP contribution in [0.4, 0.5) is 0 Å². The molecule has 0 radical (unpaired) electrons. The number of fused-ring (bicyclic) bond motifs is 2. The molecule has 0 unspecified atom stereocenters. The van der Waals surface area contributed by atoms with E-state index >= 15 is 0 Å². The van der Waals surface area contributed by atoms with Gasteiger partial charge in [0, 0.05) is 12.1 Å². The highest BCUT2D eigenvalue weighted by molar-refractivity contribution is 7.13. The van der Waals surface area contributed by atoms with E-state index in [9.17, 15) is 4.79 Å². The first-order valence-electron chi connectivity index (χ1n) is 8.23. The van der Waals surface area contributed by atoms with Crippen LogP contribution in [0.25, 0.3) is 10.6 Å². The Morgan fingerprint density at radius 2 is 2.26 bits per heavy atom. The summed E-state index contributed by atoms with van der Waals surface area (Å²) in [4.78, 5) is 13.6. The van der Waals surface area contributed by atoms with Crippen LogP contribution in [0.2, 0.25) is 0 Å². The van der Waals surface area contributed by atoms with E-state index in [0.717, 1.165) is 11.3 Å². The maximum absolute atomic E-state index is 12.6. The van der Waals surface area contributed by atoms with Crippen LogP contribution < -0.4 is 5.32 Å². The number of nitrogens with one attached hydrogen (secondary N) is 1. The zero-order valence-corrected chi connectivity index (χ0v) is 14.6. The second-order valence-electron chi connectivity index (χ2n) is 7.69. The maximum Gasteiger partial charge on any atom is 0.273 e. The maximum atomic E-state index is 12.6. The van der Waals surface area contributed by atoms with Gasteiger partial charge in [-0.25, -0.2) is 0 Å². The number of nitrogens with zero attached hydrogens (tertiary/aromatic N) is 1. The van der Waals surface area contributed by atoms with Gasteiger partial charge in [-0.3, -0.25) is 4.79 Å². The fourth-order valence-electron chi connectivity index (χ4n) is 4.57. The normalized spacial score (nSPS) is 31.4. The summed E-state index contributed by atoms with van der Waals surface area (Å²) >= 11 is 1.58. The Bertz CT molecular complexity index is 734. The lowest BCUT2D eigenvalue weighted by Gasteiger charge is -2.39. The molecule has 4 rings (SSSR count). The predicted octanol–water partition coefficient (Wildman–Crippen LogP) is 4.35. The molecule has 3 atom stereocenters. The molecule has 2 bridgehead atoms. The molecule has 0 saturated heterocycles. The molecule has 5 heteroatoms. The Morgan fingerprint density at radius 3 is 2.87 bits per heavy atom. The van der Waals surface area contributed by atoms with Crippen molar-refractivity contribution in [2.45, 2.75) is 46.1 Å². The van der Waals surface area contributed by atoms with Gasteiger partial charge in [-0.2, -0.15) is 0 Å². The lowest BCUT2D eigenvalue weighted by Crippen LogP contribution is -2.46. The fraction of sp³-hybridized carbons (Fsp3) is 0.556. The molecular weight excluding hydrogens is 308 g/mol. The van der Waals surface area contributed by atoms with Crippen molar-refractivity contribution in [3.05, 3.63) is 29.3 Å². The number of aromatic nitrogens is 1.